The monoisotopic (exact) mass is 431 g/mol. The number of terminal acetylenes is 1. The van der Waals surface area contributed by atoms with Crippen LogP contribution in [0.1, 0.15) is 29.1 Å². The molecule has 5 nitrogen and oxygen atoms in total. The van der Waals surface area contributed by atoms with Gasteiger partial charge in [-0.25, -0.2) is 0 Å². The number of nitrogens with one attached hydrogen (secondary N) is 1. The molecule has 0 spiro atoms. The second-order valence-corrected chi connectivity index (χ2v) is 7.33. The Kier molecular flexibility index (Phi) is 6.37. The molecule has 1 heterocycles. The predicted molar refractivity (Wildman–Crippen MR) is 107 cm³/mol. The highest BCUT2D eigenvalue weighted by molar-refractivity contribution is 7.14. The van der Waals surface area contributed by atoms with Crippen LogP contribution < -0.4 is 10.1 Å². The van der Waals surface area contributed by atoms with E-state index in [0.29, 0.717) is 22.0 Å². The first kappa shape index (κ1) is 21.3. The summed E-state index contributed by atoms with van der Waals surface area (Å²) in [6.45, 7) is 1.41. The van der Waals surface area contributed by atoms with E-state index < -0.39 is 12.4 Å². The van der Waals surface area contributed by atoms with Gasteiger partial charge >= 0.3 is 6.36 Å². The fraction of sp³-hybridized carbons (Fsp3) is 0.190. The number of benzene rings is 2. The van der Waals surface area contributed by atoms with E-state index in [2.05, 4.69) is 26.2 Å². The average Bonchev–Trinajstić information content (AvgIpc) is 3.17. The Labute approximate surface area is 174 Å². The van der Waals surface area contributed by atoms with E-state index in [1.807, 2.05) is 24.3 Å². The number of nitrogens with zero attached hydrogens (tertiary/aromatic N) is 2. The van der Waals surface area contributed by atoms with Gasteiger partial charge in [-0.2, -0.15) is 0 Å². The molecule has 30 heavy (non-hydrogen) atoms. The van der Waals surface area contributed by atoms with Crippen LogP contribution in [0.3, 0.4) is 0 Å². The largest absolute Gasteiger partial charge is 0.573 e. The Morgan fingerprint density at radius 3 is 2.40 bits per heavy atom. The zero-order chi connectivity index (χ0) is 21.7. The van der Waals surface area contributed by atoms with Gasteiger partial charge in [0.2, 0.25) is 5.91 Å². The molecule has 0 radical (unpaired) electrons. The van der Waals surface area contributed by atoms with E-state index in [9.17, 15) is 18.0 Å². The lowest BCUT2D eigenvalue weighted by molar-refractivity contribution is -0.274. The first-order valence-electron chi connectivity index (χ1n) is 8.76. The Morgan fingerprint density at radius 1 is 1.17 bits per heavy atom. The summed E-state index contributed by atoms with van der Waals surface area (Å²) in [5.74, 6) is 2.01. The van der Waals surface area contributed by atoms with Gasteiger partial charge in [0, 0.05) is 18.1 Å². The molecule has 3 aromatic rings. The Hall–Kier alpha value is -3.38. The summed E-state index contributed by atoms with van der Waals surface area (Å²) in [5.41, 5.74) is 2.30. The molecule has 0 saturated carbocycles. The minimum atomic E-state index is -4.75. The van der Waals surface area contributed by atoms with Crippen molar-refractivity contribution in [2.75, 3.05) is 0 Å². The van der Waals surface area contributed by atoms with E-state index in [1.165, 1.54) is 42.5 Å². The van der Waals surface area contributed by atoms with Gasteiger partial charge in [-0.05, 0) is 48.4 Å². The standard InChI is InChI=1S/C21H16F3N3O2S/c1-3-14-4-6-15(7-5-14)12-18(25-13(2)28)20-27-26-19(30-20)16-8-10-17(11-9-16)29-21(22,23)24/h1,4-11,18H,12H2,2H3,(H,25,28). The number of amides is 1. The molecule has 0 aliphatic heterocycles. The van der Waals surface area contributed by atoms with Crippen molar-refractivity contribution in [3.63, 3.8) is 0 Å². The van der Waals surface area contributed by atoms with Crippen molar-refractivity contribution in [2.24, 2.45) is 0 Å². The topological polar surface area (TPSA) is 64.1 Å². The predicted octanol–water partition coefficient (Wildman–Crippen LogP) is 4.50. The van der Waals surface area contributed by atoms with Crippen molar-refractivity contribution >= 4 is 17.2 Å². The molecule has 9 heteroatoms. The zero-order valence-electron chi connectivity index (χ0n) is 15.7. The van der Waals surface area contributed by atoms with Crippen LogP contribution in [0.15, 0.2) is 48.5 Å². The van der Waals surface area contributed by atoms with Crippen molar-refractivity contribution in [3.05, 3.63) is 64.7 Å². The molecule has 0 fully saturated rings. The van der Waals surface area contributed by atoms with E-state index in [0.717, 1.165) is 11.1 Å². The number of ether oxygens (including phenoxy) is 1. The third kappa shape index (κ3) is 5.81. The lowest BCUT2D eigenvalue weighted by atomic mass is 10.0. The highest BCUT2D eigenvalue weighted by atomic mass is 32.1. The second-order valence-electron chi connectivity index (χ2n) is 6.32. The Morgan fingerprint density at radius 2 is 1.83 bits per heavy atom. The lowest BCUT2D eigenvalue weighted by Gasteiger charge is -2.15. The van der Waals surface area contributed by atoms with Gasteiger partial charge in [0.1, 0.15) is 15.8 Å². The number of hydrogen-bond acceptors (Lipinski definition) is 5. The van der Waals surface area contributed by atoms with Crippen LogP contribution in [0.4, 0.5) is 13.2 Å². The first-order valence-corrected chi connectivity index (χ1v) is 9.57. The molecule has 1 amide bonds. The highest BCUT2D eigenvalue weighted by Gasteiger charge is 2.31. The van der Waals surface area contributed by atoms with Gasteiger partial charge in [-0.1, -0.05) is 29.4 Å². The second kappa shape index (κ2) is 8.97. The number of aromatic nitrogens is 2. The number of alkyl halides is 3. The van der Waals surface area contributed by atoms with Crippen molar-refractivity contribution in [3.8, 4) is 28.7 Å². The molecular weight excluding hydrogens is 415 g/mol. The molecule has 3 rings (SSSR count). The smallest absolute Gasteiger partial charge is 0.406 e. The number of halogens is 3. The fourth-order valence-electron chi connectivity index (χ4n) is 2.71. The minimum Gasteiger partial charge on any atom is -0.406 e. The van der Waals surface area contributed by atoms with Crippen LogP contribution >= 0.6 is 11.3 Å². The van der Waals surface area contributed by atoms with Crippen LogP contribution in [0.2, 0.25) is 0 Å². The lowest BCUT2D eigenvalue weighted by Crippen LogP contribution is -2.27. The minimum absolute atomic E-state index is 0.217. The van der Waals surface area contributed by atoms with Gasteiger partial charge in [0.25, 0.3) is 0 Å². The molecule has 0 aliphatic carbocycles. The molecule has 1 atom stereocenters. The summed E-state index contributed by atoms with van der Waals surface area (Å²) in [4.78, 5) is 11.7. The van der Waals surface area contributed by atoms with E-state index in [1.54, 1.807) is 0 Å². The molecule has 1 aromatic heterocycles. The summed E-state index contributed by atoms with van der Waals surface area (Å²) >= 11 is 1.25. The van der Waals surface area contributed by atoms with Crippen molar-refractivity contribution in [1.29, 1.82) is 0 Å². The molecule has 1 unspecified atom stereocenters. The summed E-state index contributed by atoms with van der Waals surface area (Å²) in [5, 5.41) is 12.2. The number of hydrogen-bond donors (Lipinski definition) is 1. The summed E-state index contributed by atoms with van der Waals surface area (Å²) in [7, 11) is 0. The Balaban J connectivity index is 1.79. The maximum atomic E-state index is 12.3. The van der Waals surface area contributed by atoms with Gasteiger partial charge < -0.3 is 10.1 Å². The van der Waals surface area contributed by atoms with Crippen molar-refractivity contribution < 1.29 is 22.7 Å². The maximum absolute atomic E-state index is 12.3. The van der Waals surface area contributed by atoms with Gasteiger partial charge in [-0.3, -0.25) is 4.79 Å². The zero-order valence-corrected chi connectivity index (χ0v) is 16.6. The van der Waals surface area contributed by atoms with Crippen LogP contribution in [0, 0.1) is 12.3 Å². The fourth-order valence-corrected chi connectivity index (χ4v) is 3.61. The summed E-state index contributed by atoms with van der Waals surface area (Å²) in [6.07, 6.45) is 1.10. The van der Waals surface area contributed by atoms with E-state index in [-0.39, 0.29) is 11.7 Å². The number of carbonyl (C=O) groups is 1. The number of carbonyl (C=O) groups excluding carboxylic acids is 1. The quantitative estimate of drug-likeness (QED) is 0.584. The van der Waals surface area contributed by atoms with Crippen LogP contribution in [-0.4, -0.2) is 22.5 Å². The third-order valence-corrected chi connectivity index (χ3v) is 5.10. The molecule has 0 aliphatic rings. The molecule has 0 saturated heterocycles. The van der Waals surface area contributed by atoms with Gasteiger partial charge in [0.15, 0.2) is 0 Å². The van der Waals surface area contributed by atoms with Gasteiger partial charge in [-0.15, -0.1) is 29.8 Å². The maximum Gasteiger partial charge on any atom is 0.573 e. The molecular formula is C21H16F3N3O2S. The van der Waals surface area contributed by atoms with Crippen LogP contribution in [0.5, 0.6) is 5.75 Å². The molecule has 2 aromatic carbocycles. The highest BCUT2D eigenvalue weighted by Crippen LogP contribution is 2.31. The van der Waals surface area contributed by atoms with Crippen molar-refractivity contribution in [2.45, 2.75) is 25.7 Å². The van der Waals surface area contributed by atoms with E-state index >= 15 is 0 Å². The van der Waals surface area contributed by atoms with Crippen LogP contribution in [0.25, 0.3) is 10.6 Å². The van der Waals surface area contributed by atoms with E-state index in [4.69, 9.17) is 6.42 Å². The summed E-state index contributed by atoms with van der Waals surface area (Å²) < 4.78 is 40.8. The average molecular weight is 431 g/mol. The first-order chi connectivity index (χ1) is 14.2. The number of rotatable bonds is 6. The van der Waals surface area contributed by atoms with Crippen LogP contribution in [-0.2, 0) is 11.2 Å². The van der Waals surface area contributed by atoms with Crippen molar-refractivity contribution in [1.82, 2.24) is 15.5 Å². The Bertz CT molecular complexity index is 1050. The summed E-state index contributed by atoms with van der Waals surface area (Å²) in [6, 6.07) is 12.3. The normalized spacial score (nSPS) is 12.1. The van der Waals surface area contributed by atoms with Gasteiger partial charge in [0.05, 0.1) is 6.04 Å². The molecule has 154 valence electrons. The third-order valence-electron chi connectivity index (χ3n) is 4.01. The molecule has 0 bridgehead atoms. The molecule has 1 N–H and O–H groups in total. The SMILES string of the molecule is C#Cc1ccc(CC(NC(C)=O)c2nnc(-c3ccc(OC(F)(F)F)cc3)s2)cc1.